The largest absolute Gasteiger partial charge is 1.00 e. The fourth-order valence-electron chi connectivity index (χ4n) is 1.46. The first-order valence-electron chi connectivity index (χ1n) is 4.37. The Morgan fingerprint density at radius 2 is 1.86 bits per heavy atom. The van der Waals surface area contributed by atoms with Crippen LogP contribution in [0, 0.1) is 0 Å². The van der Waals surface area contributed by atoms with E-state index in [0.717, 1.165) is 35.5 Å². The van der Waals surface area contributed by atoms with Crippen LogP contribution in [0.3, 0.4) is 0 Å². The van der Waals surface area contributed by atoms with Crippen molar-refractivity contribution in [1.82, 2.24) is 0 Å². The van der Waals surface area contributed by atoms with Gasteiger partial charge < -0.3 is 12.9 Å². The van der Waals surface area contributed by atoms with Gasteiger partial charge in [0.2, 0.25) is 0 Å². The SMILES string of the molecule is F[B-](F)(F)c1ccc(C2CCC2)s1.[K+]. The average molecular weight is 244 g/mol. The van der Waals surface area contributed by atoms with Gasteiger partial charge in [-0.25, -0.2) is 0 Å². The van der Waals surface area contributed by atoms with E-state index in [0.29, 0.717) is 5.92 Å². The van der Waals surface area contributed by atoms with Crippen LogP contribution in [0.25, 0.3) is 0 Å². The van der Waals surface area contributed by atoms with Crippen LogP contribution in [0.15, 0.2) is 12.1 Å². The van der Waals surface area contributed by atoms with Crippen LogP contribution in [0.2, 0.25) is 0 Å². The number of hydrogen-bond donors (Lipinski definition) is 0. The third-order valence-corrected chi connectivity index (χ3v) is 3.82. The first-order valence-corrected chi connectivity index (χ1v) is 5.18. The second-order valence-corrected chi connectivity index (χ2v) is 4.59. The van der Waals surface area contributed by atoms with Crippen molar-refractivity contribution < 1.29 is 64.3 Å². The first kappa shape index (κ1) is 13.3. The molecule has 6 heteroatoms. The van der Waals surface area contributed by atoms with Gasteiger partial charge in [-0.1, -0.05) is 23.3 Å². The molecule has 1 heterocycles. The van der Waals surface area contributed by atoms with Crippen molar-refractivity contribution in [2.24, 2.45) is 0 Å². The molecule has 2 rings (SSSR count). The fourth-order valence-corrected chi connectivity index (χ4v) is 2.54. The normalized spacial score (nSPS) is 17.4. The van der Waals surface area contributed by atoms with Gasteiger partial charge in [-0.05, 0) is 18.8 Å². The molecular formula is C8H9BF3KS. The fraction of sp³-hybridized carbons (Fsp3) is 0.500. The van der Waals surface area contributed by atoms with Crippen LogP contribution in [-0.4, -0.2) is 6.98 Å². The molecule has 1 aliphatic rings. The Morgan fingerprint density at radius 3 is 2.21 bits per heavy atom. The molecule has 14 heavy (non-hydrogen) atoms. The molecule has 0 unspecified atom stereocenters. The molecule has 0 atom stereocenters. The number of hydrogen-bond acceptors (Lipinski definition) is 1. The van der Waals surface area contributed by atoms with E-state index in [9.17, 15) is 12.9 Å². The molecule has 72 valence electrons. The number of rotatable bonds is 2. The van der Waals surface area contributed by atoms with E-state index < -0.39 is 11.8 Å². The van der Waals surface area contributed by atoms with Gasteiger partial charge in [0.25, 0.3) is 0 Å². The van der Waals surface area contributed by atoms with Gasteiger partial charge in [0.1, 0.15) is 0 Å². The van der Waals surface area contributed by atoms with E-state index in [1.54, 1.807) is 6.07 Å². The summed E-state index contributed by atoms with van der Waals surface area (Å²) < 4.78 is 36.4. The van der Waals surface area contributed by atoms with Crippen molar-refractivity contribution in [1.29, 1.82) is 0 Å². The molecule has 0 spiro atoms. The predicted molar refractivity (Wildman–Crippen MR) is 49.6 cm³/mol. The van der Waals surface area contributed by atoms with Gasteiger partial charge in [0, 0.05) is 4.88 Å². The summed E-state index contributed by atoms with van der Waals surface area (Å²) in [6.07, 6.45) is 3.28. The van der Waals surface area contributed by atoms with Gasteiger partial charge in [-0.2, -0.15) is 11.3 Å². The minimum Gasteiger partial charge on any atom is -0.444 e. The molecule has 0 radical (unpaired) electrons. The summed E-state index contributed by atoms with van der Waals surface area (Å²) in [6, 6.07) is 2.86. The molecule has 1 aromatic rings. The second-order valence-electron chi connectivity index (χ2n) is 3.44. The zero-order valence-corrected chi connectivity index (χ0v) is 11.9. The van der Waals surface area contributed by atoms with Crippen molar-refractivity contribution in [3.63, 3.8) is 0 Å². The molecule has 1 aromatic heterocycles. The summed E-state index contributed by atoms with van der Waals surface area (Å²) in [5, 5.41) is 0. The van der Waals surface area contributed by atoms with Crippen molar-refractivity contribution in [3.8, 4) is 0 Å². The molecule has 0 saturated heterocycles. The second kappa shape index (κ2) is 5.01. The Hall–Kier alpha value is 1.19. The van der Waals surface area contributed by atoms with Crippen LogP contribution in [0.4, 0.5) is 12.9 Å². The van der Waals surface area contributed by atoms with E-state index in [1.165, 1.54) is 6.07 Å². The Morgan fingerprint density at radius 1 is 1.21 bits per heavy atom. The summed E-state index contributed by atoms with van der Waals surface area (Å²) >= 11 is 0.927. The van der Waals surface area contributed by atoms with E-state index in [-0.39, 0.29) is 51.4 Å². The maximum Gasteiger partial charge on any atom is 1.00 e. The molecule has 0 aromatic carbocycles. The summed E-state index contributed by atoms with van der Waals surface area (Å²) in [6.45, 7) is -4.78. The van der Waals surface area contributed by atoms with E-state index in [2.05, 4.69) is 0 Å². The molecular weight excluding hydrogens is 235 g/mol. The Labute approximate surface area is 128 Å². The van der Waals surface area contributed by atoms with Gasteiger partial charge in [0.05, 0.1) is 0 Å². The van der Waals surface area contributed by atoms with Gasteiger partial charge >= 0.3 is 58.4 Å². The predicted octanol–water partition coefficient (Wildman–Crippen LogP) is 0.0740. The maximum absolute atomic E-state index is 12.3. The molecule has 0 amide bonds. The van der Waals surface area contributed by atoms with Gasteiger partial charge in [-0.15, -0.1) is 0 Å². The zero-order chi connectivity index (χ0) is 9.47. The van der Waals surface area contributed by atoms with Gasteiger partial charge in [0.15, 0.2) is 0 Å². The zero-order valence-electron chi connectivity index (χ0n) is 7.97. The third-order valence-electron chi connectivity index (χ3n) is 2.48. The summed E-state index contributed by atoms with van der Waals surface area (Å²) in [5.74, 6) is 0.414. The molecule has 0 aliphatic heterocycles. The Kier molecular flexibility index (Phi) is 4.75. The monoisotopic (exact) mass is 244 g/mol. The van der Waals surface area contributed by atoms with Crippen molar-refractivity contribution in [2.45, 2.75) is 25.2 Å². The van der Waals surface area contributed by atoms with Crippen molar-refractivity contribution in [2.75, 3.05) is 0 Å². The van der Waals surface area contributed by atoms with E-state index >= 15 is 0 Å². The Bertz CT molecular complexity index is 306. The van der Waals surface area contributed by atoms with Crippen LogP contribution >= 0.6 is 11.3 Å². The minimum atomic E-state index is -4.78. The van der Waals surface area contributed by atoms with Crippen LogP contribution in [-0.2, 0) is 0 Å². The van der Waals surface area contributed by atoms with Gasteiger partial charge in [-0.3, -0.25) is 0 Å². The average Bonchev–Trinajstić information content (AvgIpc) is 2.29. The summed E-state index contributed by atoms with van der Waals surface area (Å²) in [5.41, 5.74) is 0. The van der Waals surface area contributed by atoms with Crippen LogP contribution in [0.5, 0.6) is 0 Å². The summed E-state index contributed by atoms with van der Waals surface area (Å²) in [7, 11) is 0. The standard InChI is InChI=1S/C8H9BF3S.K/c10-9(11,12)8-5-4-7(13-8)6-2-1-3-6;/h4-6H,1-3H2;/q-1;+1. The molecule has 0 N–H and O–H groups in total. The molecule has 1 aliphatic carbocycles. The van der Waals surface area contributed by atoms with E-state index in [1.807, 2.05) is 0 Å². The molecule has 0 bridgehead atoms. The van der Waals surface area contributed by atoms with E-state index in [4.69, 9.17) is 0 Å². The number of thiophene rings is 1. The molecule has 0 nitrogen and oxygen atoms in total. The Balaban J connectivity index is 0.000000980. The smallest absolute Gasteiger partial charge is 0.444 e. The number of halogens is 3. The molecule has 1 saturated carbocycles. The maximum atomic E-state index is 12.3. The van der Waals surface area contributed by atoms with Crippen molar-refractivity contribution >= 4 is 23.1 Å². The molecule has 1 fully saturated rings. The minimum absolute atomic E-state index is 0. The summed E-state index contributed by atoms with van der Waals surface area (Å²) in [4.78, 5) is 0.917. The quantitative estimate of drug-likeness (QED) is 0.646. The topological polar surface area (TPSA) is 0 Å². The third kappa shape index (κ3) is 2.86. The van der Waals surface area contributed by atoms with Crippen LogP contribution < -0.4 is 56.2 Å². The van der Waals surface area contributed by atoms with Crippen LogP contribution in [0.1, 0.15) is 30.1 Å². The first-order chi connectivity index (χ1) is 6.07. The van der Waals surface area contributed by atoms with Crippen molar-refractivity contribution in [3.05, 3.63) is 17.0 Å².